The Morgan fingerprint density at radius 1 is 1.14 bits per heavy atom. The normalized spacial score (nSPS) is 14.9. The van der Waals surface area contributed by atoms with Crippen molar-refractivity contribution in [3.63, 3.8) is 0 Å². The summed E-state index contributed by atoms with van der Waals surface area (Å²) in [6.07, 6.45) is -4.45. The molecule has 118 valence electrons. The van der Waals surface area contributed by atoms with Gasteiger partial charge in [0, 0.05) is 0 Å². The molecule has 1 rings (SSSR count). The zero-order valence-corrected chi connectivity index (χ0v) is 12.7. The van der Waals surface area contributed by atoms with Crippen molar-refractivity contribution in [3.05, 3.63) is 35.4 Å². The summed E-state index contributed by atoms with van der Waals surface area (Å²) in [5.74, 6) is -3.87. The van der Waals surface area contributed by atoms with E-state index >= 15 is 0 Å². The maximum Gasteiger partial charge on any atom is 0.392 e. The van der Waals surface area contributed by atoms with Gasteiger partial charge in [-0.25, -0.2) is 0 Å². The number of aryl methyl sites for hydroxylation is 1. The van der Waals surface area contributed by atoms with Crippen LogP contribution in [0.3, 0.4) is 0 Å². The molecule has 2 nitrogen and oxygen atoms in total. The topological polar surface area (TPSA) is 26.3 Å². The van der Waals surface area contributed by atoms with Crippen LogP contribution in [0.4, 0.5) is 13.2 Å². The van der Waals surface area contributed by atoms with E-state index in [2.05, 4.69) is 0 Å². The smallest absolute Gasteiger partial charge is 0.392 e. The van der Waals surface area contributed by atoms with Crippen LogP contribution >= 0.6 is 0 Å². The highest BCUT2D eigenvalue weighted by atomic mass is 19.4. The van der Waals surface area contributed by atoms with E-state index in [4.69, 9.17) is 4.74 Å². The molecule has 0 saturated carbocycles. The van der Waals surface area contributed by atoms with Crippen LogP contribution in [0, 0.1) is 18.8 Å². The quantitative estimate of drug-likeness (QED) is 0.750. The molecule has 0 saturated heterocycles. The first kappa shape index (κ1) is 17.5. The molecular formula is C16H21F3O2. The molecule has 2 unspecified atom stereocenters. The number of halogens is 3. The Kier molecular flexibility index (Phi) is 5.81. The first-order valence-corrected chi connectivity index (χ1v) is 6.92. The third kappa shape index (κ3) is 5.06. The van der Waals surface area contributed by atoms with Crippen LogP contribution in [0.1, 0.15) is 37.8 Å². The summed E-state index contributed by atoms with van der Waals surface area (Å²) in [4.78, 5) is 12.1. The number of esters is 1. The van der Waals surface area contributed by atoms with Gasteiger partial charge in [-0.3, -0.25) is 4.79 Å². The fraction of sp³-hybridized carbons (Fsp3) is 0.562. The van der Waals surface area contributed by atoms with Crippen LogP contribution in [0.2, 0.25) is 0 Å². The third-order valence-electron chi connectivity index (χ3n) is 3.27. The number of alkyl halides is 3. The van der Waals surface area contributed by atoms with Crippen LogP contribution < -0.4 is 0 Å². The molecule has 0 N–H and O–H groups in total. The Morgan fingerprint density at radius 2 is 1.67 bits per heavy atom. The molecule has 0 spiro atoms. The number of hydrogen-bond acceptors (Lipinski definition) is 2. The molecule has 2 atom stereocenters. The zero-order valence-electron chi connectivity index (χ0n) is 12.7. The minimum absolute atomic E-state index is 0.0776. The number of carbonyl (C=O) groups is 1. The SMILES string of the molecule is Cc1ccc(C(C(=O)OCC(C)C)C(C)C(F)(F)F)cc1. The van der Waals surface area contributed by atoms with Gasteiger partial charge in [-0.1, -0.05) is 50.6 Å². The molecule has 1 aromatic carbocycles. The largest absolute Gasteiger partial charge is 0.465 e. The van der Waals surface area contributed by atoms with E-state index in [-0.39, 0.29) is 12.5 Å². The second-order valence-electron chi connectivity index (χ2n) is 5.74. The van der Waals surface area contributed by atoms with E-state index in [0.29, 0.717) is 5.56 Å². The molecule has 0 bridgehead atoms. The van der Waals surface area contributed by atoms with Crippen molar-refractivity contribution in [3.8, 4) is 0 Å². The lowest BCUT2D eigenvalue weighted by Gasteiger charge is -2.25. The number of ether oxygens (including phenoxy) is 1. The first-order chi connectivity index (χ1) is 9.62. The molecule has 0 fully saturated rings. The Balaban J connectivity index is 3.05. The fourth-order valence-corrected chi connectivity index (χ4v) is 1.93. The Hall–Kier alpha value is -1.52. The van der Waals surface area contributed by atoms with Gasteiger partial charge < -0.3 is 4.74 Å². The maximum absolute atomic E-state index is 13.0. The third-order valence-corrected chi connectivity index (χ3v) is 3.27. The van der Waals surface area contributed by atoms with Gasteiger partial charge in [0.1, 0.15) is 0 Å². The second kappa shape index (κ2) is 6.96. The average molecular weight is 302 g/mol. The lowest BCUT2D eigenvalue weighted by molar-refractivity contribution is -0.186. The van der Waals surface area contributed by atoms with Gasteiger partial charge >= 0.3 is 12.1 Å². The summed E-state index contributed by atoms with van der Waals surface area (Å²) in [5.41, 5.74) is 1.26. The number of hydrogen-bond donors (Lipinski definition) is 0. The van der Waals surface area contributed by atoms with E-state index in [1.54, 1.807) is 24.3 Å². The van der Waals surface area contributed by atoms with Crippen LogP contribution in [0.25, 0.3) is 0 Å². The summed E-state index contributed by atoms with van der Waals surface area (Å²) in [5, 5.41) is 0. The Labute approximate surface area is 123 Å². The number of benzene rings is 1. The molecule has 21 heavy (non-hydrogen) atoms. The summed E-state index contributed by atoms with van der Waals surface area (Å²) >= 11 is 0. The van der Waals surface area contributed by atoms with Crippen LogP contribution in [0.5, 0.6) is 0 Å². The van der Waals surface area contributed by atoms with Crippen molar-refractivity contribution < 1.29 is 22.7 Å². The highest BCUT2D eigenvalue weighted by molar-refractivity contribution is 5.78. The van der Waals surface area contributed by atoms with Gasteiger partial charge in [-0.05, 0) is 18.4 Å². The van der Waals surface area contributed by atoms with Gasteiger partial charge in [-0.15, -0.1) is 0 Å². The van der Waals surface area contributed by atoms with Gasteiger partial charge in [0.15, 0.2) is 0 Å². The lowest BCUT2D eigenvalue weighted by Crippen LogP contribution is -2.32. The van der Waals surface area contributed by atoms with Crippen LogP contribution in [-0.2, 0) is 9.53 Å². The predicted octanol–water partition coefficient (Wildman–Crippen LogP) is 4.48. The lowest BCUT2D eigenvalue weighted by atomic mass is 9.86. The van der Waals surface area contributed by atoms with Crippen molar-refractivity contribution in [2.75, 3.05) is 6.61 Å². The summed E-state index contributed by atoms with van der Waals surface area (Å²) in [6, 6.07) is 6.50. The average Bonchev–Trinajstić information content (AvgIpc) is 2.37. The van der Waals surface area contributed by atoms with Crippen molar-refractivity contribution in [1.29, 1.82) is 0 Å². The molecule has 1 aromatic rings. The van der Waals surface area contributed by atoms with E-state index in [9.17, 15) is 18.0 Å². The van der Waals surface area contributed by atoms with Crippen LogP contribution in [0.15, 0.2) is 24.3 Å². The Bertz CT molecular complexity index is 463. The standard InChI is InChI=1S/C16H21F3O2/c1-10(2)9-21-15(20)14(12(4)16(17,18)19)13-7-5-11(3)6-8-13/h5-8,10,12,14H,9H2,1-4H3. The number of carbonyl (C=O) groups excluding carboxylic acids is 1. The van der Waals surface area contributed by atoms with Gasteiger partial charge in [-0.2, -0.15) is 13.2 Å². The molecule has 0 aliphatic carbocycles. The fourth-order valence-electron chi connectivity index (χ4n) is 1.93. The highest BCUT2D eigenvalue weighted by Crippen LogP contribution is 2.38. The predicted molar refractivity (Wildman–Crippen MR) is 74.9 cm³/mol. The Morgan fingerprint density at radius 3 is 2.10 bits per heavy atom. The molecular weight excluding hydrogens is 281 g/mol. The van der Waals surface area contributed by atoms with Crippen molar-refractivity contribution in [2.24, 2.45) is 11.8 Å². The van der Waals surface area contributed by atoms with E-state index in [1.165, 1.54) is 0 Å². The molecule has 0 aliphatic heterocycles. The first-order valence-electron chi connectivity index (χ1n) is 6.92. The minimum Gasteiger partial charge on any atom is -0.465 e. The molecule has 0 aliphatic rings. The van der Waals surface area contributed by atoms with Gasteiger partial charge in [0.25, 0.3) is 0 Å². The van der Waals surface area contributed by atoms with Crippen molar-refractivity contribution in [2.45, 2.75) is 39.8 Å². The minimum atomic E-state index is -4.45. The van der Waals surface area contributed by atoms with Crippen LogP contribution in [-0.4, -0.2) is 18.8 Å². The molecule has 0 radical (unpaired) electrons. The molecule has 5 heteroatoms. The molecule has 0 heterocycles. The summed E-state index contributed by atoms with van der Waals surface area (Å²) < 4.78 is 44.1. The van der Waals surface area contributed by atoms with E-state index in [1.807, 2.05) is 20.8 Å². The maximum atomic E-state index is 13.0. The highest BCUT2D eigenvalue weighted by Gasteiger charge is 2.45. The van der Waals surface area contributed by atoms with E-state index in [0.717, 1.165) is 12.5 Å². The van der Waals surface area contributed by atoms with E-state index < -0.39 is 24.0 Å². The summed E-state index contributed by atoms with van der Waals surface area (Å²) in [6.45, 7) is 6.64. The van der Waals surface area contributed by atoms with Gasteiger partial charge in [0.2, 0.25) is 0 Å². The zero-order chi connectivity index (χ0) is 16.2. The molecule has 0 amide bonds. The van der Waals surface area contributed by atoms with Gasteiger partial charge in [0.05, 0.1) is 18.4 Å². The summed E-state index contributed by atoms with van der Waals surface area (Å²) in [7, 11) is 0. The number of rotatable bonds is 5. The van der Waals surface area contributed by atoms with Crippen molar-refractivity contribution in [1.82, 2.24) is 0 Å². The monoisotopic (exact) mass is 302 g/mol. The second-order valence-corrected chi connectivity index (χ2v) is 5.74. The van der Waals surface area contributed by atoms with Crippen molar-refractivity contribution >= 4 is 5.97 Å². The molecule has 0 aromatic heterocycles.